The number of benzene rings is 6. The summed E-state index contributed by atoms with van der Waals surface area (Å²) < 4.78 is 3.42. The van der Waals surface area contributed by atoms with Crippen LogP contribution in [0.2, 0.25) is 0 Å². The van der Waals surface area contributed by atoms with E-state index in [9.17, 15) is 0 Å². The van der Waals surface area contributed by atoms with Crippen LogP contribution in [0.15, 0.2) is 139 Å². The quantitative estimate of drug-likeness (QED) is 0.191. The molecular formula is C43H29N5S. The predicted octanol–water partition coefficient (Wildman–Crippen LogP) is 10.9. The van der Waals surface area contributed by atoms with Crippen molar-refractivity contribution in [3.63, 3.8) is 0 Å². The van der Waals surface area contributed by atoms with Crippen molar-refractivity contribution < 1.29 is 0 Å². The van der Waals surface area contributed by atoms with Gasteiger partial charge < -0.3 is 0 Å². The minimum atomic E-state index is -0.153. The fourth-order valence-corrected chi connectivity index (χ4v) is 8.35. The second-order valence-electron chi connectivity index (χ2n) is 13.2. The Balaban J connectivity index is 1.15. The van der Waals surface area contributed by atoms with Crippen LogP contribution in [0.1, 0.15) is 25.0 Å². The molecular weight excluding hydrogens is 619 g/mol. The van der Waals surface area contributed by atoms with Gasteiger partial charge in [0.05, 0.1) is 26.8 Å². The van der Waals surface area contributed by atoms with E-state index < -0.39 is 0 Å². The summed E-state index contributed by atoms with van der Waals surface area (Å²) in [7, 11) is 0. The second-order valence-corrected chi connectivity index (χ2v) is 14.1. The molecule has 0 N–H and O–H groups in total. The molecule has 6 heteroatoms. The minimum absolute atomic E-state index is 0.153. The lowest BCUT2D eigenvalue weighted by atomic mass is 9.81. The molecule has 0 aliphatic heterocycles. The van der Waals surface area contributed by atoms with Gasteiger partial charge in [0, 0.05) is 27.3 Å². The highest BCUT2D eigenvalue weighted by Crippen LogP contribution is 2.52. The maximum Gasteiger partial charge on any atom is 0.238 e. The SMILES string of the molecule is CC1(C)c2cc(-c3ccc4c(c3)c3ccccc3n4-c3nc(-c4ccccc4)nc(-c4ccccc4)n3)ccc2-c2ccc3scnc3c21. The second kappa shape index (κ2) is 10.5. The van der Waals surface area contributed by atoms with Crippen molar-refractivity contribution in [3.05, 3.63) is 150 Å². The van der Waals surface area contributed by atoms with Gasteiger partial charge in [-0.25, -0.2) is 9.97 Å². The van der Waals surface area contributed by atoms with Crippen LogP contribution in [-0.4, -0.2) is 24.5 Å². The van der Waals surface area contributed by atoms with Crippen LogP contribution in [-0.2, 0) is 5.41 Å². The molecule has 0 amide bonds. The Morgan fingerprint density at radius 3 is 1.94 bits per heavy atom. The molecule has 9 aromatic rings. The van der Waals surface area contributed by atoms with E-state index >= 15 is 0 Å². The smallest absolute Gasteiger partial charge is 0.238 e. The molecule has 6 aromatic carbocycles. The molecule has 3 aromatic heterocycles. The summed E-state index contributed by atoms with van der Waals surface area (Å²) in [4.78, 5) is 19.9. The van der Waals surface area contributed by atoms with Gasteiger partial charge in [-0.1, -0.05) is 117 Å². The standard InChI is InChI=1S/C43H29N5S/c1-43(2)34-24-29(17-19-30(34)32-20-22-37-39(38(32)43)44-25-49-37)28-18-21-36-33(23-28)31-15-9-10-16-35(31)48(36)42-46-40(26-11-5-3-6-12-26)45-41(47-42)27-13-7-4-8-14-27/h3-25H,1-2H3. The molecule has 0 spiro atoms. The third kappa shape index (κ3) is 4.24. The lowest BCUT2D eigenvalue weighted by Gasteiger charge is -2.22. The van der Waals surface area contributed by atoms with Crippen LogP contribution in [0.4, 0.5) is 0 Å². The van der Waals surface area contributed by atoms with Gasteiger partial charge in [-0.05, 0) is 63.7 Å². The number of para-hydroxylation sites is 1. The lowest BCUT2D eigenvalue weighted by Crippen LogP contribution is -2.15. The van der Waals surface area contributed by atoms with E-state index in [1.54, 1.807) is 11.3 Å². The summed E-state index contributed by atoms with van der Waals surface area (Å²) in [5, 5.41) is 2.31. The van der Waals surface area contributed by atoms with Crippen molar-refractivity contribution in [2.45, 2.75) is 19.3 Å². The fraction of sp³-hybridized carbons (Fsp3) is 0.0698. The number of hydrogen-bond acceptors (Lipinski definition) is 5. The van der Waals surface area contributed by atoms with Crippen molar-refractivity contribution in [2.75, 3.05) is 0 Å². The summed E-state index contributed by atoms with van der Waals surface area (Å²) in [6, 6.07) is 47.0. The maximum absolute atomic E-state index is 5.08. The molecule has 1 aliphatic rings. The van der Waals surface area contributed by atoms with E-state index in [0.29, 0.717) is 17.6 Å². The molecule has 0 saturated carbocycles. The molecule has 232 valence electrons. The van der Waals surface area contributed by atoms with Crippen LogP contribution in [0.25, 0.3) is 83.0 Å². The van der Waals surface area contributed by atoms with Crippen LogP contribution < -0.4 is 0 Å². The first-order valence-corrected chi connectivity index (χ1v) is 17.3. The van der Waals surface area contributed by atoms with Crippen LogP contribution in [0.5, 0.6) is 0 Å². The molecule has 5 nitrogen and oxygen atoms in total. The van der Waals surface area contributed by atoms with Crippen molar-refractivity contribution in [1.82, 2.24) is 24.5 Å². The zero-order chi connectivity index (χ0) is 32.7. The number of rotatable bonds is 4. The zero-order valence-corrected chi connectivity index (χ0v) is 27.7. The van der Waals surface area contributed by atoms with Crippen molar-refractivity contribution in [1.29, 1.82) is 0 Å². The van der Waals surface area contributed by atoms with Crippen molar-refractivity contribution in [3.8, 4) is 51.0 Å². The van der Waals surface area contributed by atoms with E-state index in [-0.39, 0.29) is 5.41 Å². The van der Waals surface area contributed by atoms with Gasteiger partial charge in [0.2, 0.25) is 5.95 Å². The molecule has 0 radical (unpaired) electrons. The monoisotopic (exact) mass is 647 g/mol. The fourth-order valence-electron chi connectivity index (χ4n) is 7.66. The average molecular weight is 648 g/mol. The minimum Gasteiger partial charge on any atom is -0.278 e. The Hall–Kier alpha value is -5.98. The molecule has 1 aliphatic carbocycles. The molecule has 0 fully saturated rings. The Morgan fingerprint density at radius 1 is 0.551 bits per heavy atom. The van der Waals surface area contributed by atoms with E-state index in [2.05, 4.69) is 91.2 Å². The molecule has 49 heavy (non-hydrogen) atoms. The molecule has 0 unspecified atom stereocenters. The van der Waals surface area contributed by atoms with E-state index in [4.69, 9.17) is 19.9 Å². The topological polar surface area (TPSA) is 56.5 Å². The Bertz CT molecular complexity index is 2680. The van der Waals surface area contributed by atoms with Gasteiger partial charge in [0.25, 0.3) is 0 Å². The molecule has 0 atom stereocenters. The summed E-state index contributed by atoms with van der Waals surface area (Å²) in [6.45, 7) is 4.67. The summed E-state index contributed by atoms with van der Waals surface area (Å²) >= 11 is 1.71. The van der Waals surface area contributed by atoms with E-state index in [1.807, 2.05) is 66.2 Å². The third-order valence-electron chi connectivity index (χ3n) is 10.0. The predicted molar refractivity (Wildman–Crippen MR) is 201 cm³/mol. The molecule has 0 bridgehead atoms. The average Bonchev–Trinajstić information content (AvgIpc) is 3.83. The molecule has 3 heterocycles. The van der Waals surface area contributed by atoms with Gasteiger partial charge in [0.1, 0.15) is 0 Å². The lowest BCUT2D eigenvalue weighted by molar-refractivity contribution is 0.665. The number of fused-ring (bicyclic) bond motifs is 8. The highest BCUT2D eigenvalue weighted by molar-refractivity contribution is 7.16. The first-order chi connectivity index (χ1) is 24.0. The number of hydrogen-bond donors (Lipinski definition) is 0. The largest absolute Gasteiger partial charge is 0.278 e. The number of nitrogens with zero attached hydrogens (tertiary/aromatic N) is 5. The van der Waals surface area contributed by atoms with Gasteiger partial charge in [-0.15, -0.1) is 11.3 Å². The van der Waals surface area contributed by atoms with Crippen LogP contribution in [0, 0.1) is 0 Å². The normalized spacial score (nSPS) is 13.3. The number of thiazole rings is 1. The van der Waals surface area contributed by atoms with Crippen LogP contribution >= 0.6 is 11.3 Å². The highest BCUT2D eigenvalue weighted by atomic mass is 32.1. The van der Waals surface area contributed by atoms with E-state index in [0.717, 1.165) is 38.4 Å². The van der Waals surface area contributed by atoms with E-state index in [1.165, 1.54) is 38.1 Å². The Kier molecular flexibility index (Phi) is 6.02. The Labute approximate surface area is 287 Å². The van der Waals surface area contributed by atoms with Gasteiger partial charge in [0.15, 0.2) is 11.6 Å². The third-order valence-corrected chi connectivity index (χ3v) is 10.8. The van der Waals surface area contributed by atoms with Gasteiger partial charge in [-0.3, -0.25) is 4.57 Å². The Morgan fingerprint density at radius 2 is 1.18 bits per heavy atom. The number of aromatic nitrogens is 5. The molecule has 0 saturated heterocycles. The first-order valence-electron chi connectivity index (χ1n) is 16.5. The highest BCUT2D eigenvalue weighted by Gasteiger charge is 2.38. The zero-order valence-electron chi connectivity index (χ0n) is 26.9. The summed E-state index contributed by atoms with van der Waals surface area (Å²) in [5.74, 6) is 1.88. The summed E-state index contributed by atoms with van der Waals surface area (Å²) in [5.41, 5.74) is 14.6. The van der Waals surface area contributed by atoms with Crippen LogP contribution in [0.3, 0.4) is 0 Å². The van der Waals surface area contributed by atoms with Gasteiger partial charge >= 0.3 is 0 Å². The van der Waals surface area contributed by atoms with Crippen molar-refractivity contribution in [2.24, 2.45) is 0 Å². The van der Waals surface area contributed by atoms with Gasteiger partial charge in [-0.2, -0.15) is 9.97 Å². The summed E-state index contributed by atoms with van der Waals surface area (Å²) in [6.07, 6.45) is 0. The van der Waals surface area contributed by atoms with Crippen molar-refractivity contribution >= 4 is 43.4 Å². The maximum atomic E-state index is 5.08. The molecule has 10 rings (SSSR count). The first kappa shape index (κ1) is 28.1.